The summed E-state index contributed by atoms with van der Waals surface area (Å²) in [6, 6.07) is 0. The number of rotatable bonds is 1. The Morgan fingerprint density at radius 3 is 3.20 bits per heavy atom. The van der Waals surface area contributed by atoms with E-state index in [4.69, 9.17) is 0 Å². The second-order valence-corrected chi connectivity index (χ2v) is 4.72. The molecule has 0 saturated carbocycles. The van der Waals surface area contributed by atoms with E-state index in [9.17, 15) is 0 Å². The van der Waals surface area contributed by atoms with Crippen LogP contribution in [0.1, 0.15) is 32.1 Å². The molecule has 0 amide bonds. The van der Waals surface area contributed by atoms with Gasteiger partial charge in [-0.15, -0.1) is 0 Å². The van der Waals surface area contributed by atoms with Crippen molar-refractivity contribution < 1.29 is 0 Å². The molecule has 15 heavy (non-hydrogen) atoms. The molecule has 0 aromatic rings. The lowest BCUT2D eigenvalue weighted by molar-refractivity contribution is 0.506. The third-order valence-electron chi connectivity index (χ3n) is 3.80. The molecule has 2 nitrogen and oxygen atoms in total. The third-order valence-corrected chi connectivity index (χ3v) is 3.80. The molecule has 0 aromatic carbocycles. The molecule has 0 spiro atoms. The molecule has 2 heterocycles. The van der Waals surface area contributed by atoms with Crippen molar-refractivity contribution in [3.05, 3.63) is 23.9 Å². The lowest BCUT2D eigenvalue weighted by atomic mass is 9.78. The minimum absolute atomic E-state index is 0.646. The summed E-state index contributed by atoms with van der Waals surface area (Å²) >= 11 is 0. The molecule has 2 aliphatic heterocycles. The van der Waals surface area contributed by atoms with E-state index >= 15 is 0 Å². The van der Waals surface area contributed by atoms with Crippen molar-refractivity contribution in [3.8, 4) is 0 Å². The zero-order valence-electron chi connectivity index (χ0n) is 9.08. The second kappa shape index (κ2) is 3.84. The van der Waals surface area contributed by atoms with Crippen molar-refractivity contribution in [2.75, 3.05) is 6.54 Å². The molecular weight excluding hydrogens is 184 g/mol. The van der Waals surface area contributed by atoms with E-state index in [2.05, 4.69) is 28.7 Å². The topological polar surface area (TPSA) is 24.4 Å². The maximum absolute atomic E-state index is 4.53. The van der Waals surface area contributed by atoms with E-state index in [1.165, 1.54) is 37.9 Å². The highest BCUT2D eigenvalue weighted by Crippen LogP contribution is 2.35. The minimum Gasteiger partial charge on any atom is -0.350 e. The molecule has 3 rings (SSSR count). The molecule has 0 saturated heterocycles. The van der Waals surface area contributed by atoms with Crippen molar-refractivity contribution in [1.29, 1.82) is 0 Å². The van der Waals surface area contributed by atoms with Crippen LogP contribution in [0.15, 0.2) is 28.9 Å². The van der Waals surface area contributed by atoms with Gasteiger partial charge in [0.25, 0.3) is 0 Å². The van der Waals surface area contributed by atoms with Crippen LogP contribution in [0.5, 0.6) is 0 Å². The first-order chi connectivity index (χ1) is 7.45. The van der Waals surface area contributed by atoms with Crippen molar-refractivity contribution in [3.63, 3.8) is 0 Å². The van der Waals surface area contributed by atoms with Crippen molar-refractivity contribution in [2.45, 2.75) is 32.1 Å². The summed E-state index contributed by atoms with van der Waals surface area (Å²) in [5, 5.41) is 3.29. The fourth-order valence-electron chi connectivity index (χ4n) is 3.00. The first kappa shape index (κ1) is 9.20. The fraction of sp³-hybridized carbons (Fsp3) is 0.615. The van der Waals surface area contributed by atoms with Crippen LogP contribution in [-0.4, -0.2) is 12.4 Å². The number of amidine groups is 1. The molecule has 1 N–H and O–H groups in total. The molecule has 0 radical (unpaired) electrons. The summed E-state index contributed by atoms with van der Waals surface area (Å²) in [6.07, 6.45) is 13.5. The summed E-state index contributed by atoms with van der Waals surface area (Å²) in [6.45, 7) is 1.01. The molecule has 2 heteroatoms. The average Bonchev–Trinajstić information content (AvgIpc) is 2.78. The summed E-state index contributed by atoms with van der Waals surface area (Å²) in [5.41, 5.74) is 1.67. The standard InChI is InChI=1S/C13H18N2/c1-2-4-10(5-3-1)11-6-8-14-13-12(11)7-9-15-13/h4,6,8,11-12H,1-3,5,7,9H2,(H,14,15). The smallest absolute Gasteiger partial charge is 0.104 e. The molecule has 0 bridgehead atoms. The van der Waals surface area contributed by atoms with Gasteiger partial charge in [0, 0.05) is 18.4 Å². The number of hydrogen-bond donors (Lipinski definition) is 1. The second-order valence-electron chi connectivity index (χ2n) is 4.72. The van der Waals surface area contributed by atoms with Crippen molar-refractivity contribution >= 4 is 5.84 Å². The van der Waals surface area contributed by atoms with Crippen LogP contribution in [0, 0.1) is 11.8 Å². The Hall–Kier alpha value is -1.05. The van der Waals surface area contributed by atoms with Crippen LogP contribution in [0.4, 0.5) is 0 Å². The van der Waals surface area contributed by atoms with E-state index in [1.807, 2.05) is 0 Å². The lowest BCUT2D eigenvalue weighted by Gasteiger charge is -2.29. The summed E-state index contributed by atoms with van der Waals surface area (Å²) in [4.78, 5) is 4.53. The quantitative estimate of drug-likeness (QED) is 0.649. The highest BCUT2D eigenvalue weighted by Gasteiger charge is 2.32. The SMILES string of the molecule is C1=CC(C2=CCCCC2)C2CCN=C2N1. The lowest BCUT2D eigenvalue weighted by Crippen LogP contribution is -2.34. The zero-order chi connectivity index (χ0) is 10.1. The van der Waals surface area contributed by atoms with Crippen LogP contribution in [0.25, 0.3) is 0 Å². The Morgan fingerprint density at radius 1 is 1.33 bits per heavy atom. The molecule has 0 aromatic heterocycles. The number of nitrogens with one attached hydrogen (secondary N) is 1. The van der Waals surface area contributed by atoms with Crippen LogP contribution in [0.2, 0.25) is 0 Å². The van der Waals surface area contributed by atoms with Crippen molar-refractivity contribution in [2.24, 2.45) is 16.8 Å². The summed E-state index contributed by atoms with van der Waals surface area (Å²) < 4.78 is 0. The molecule has 1 aliphatic carbocycles. The number of nitrogens with zero attached hydrogens (tertiary/aromatic N) is 1. The van der Waals surface area contributed by atoms with Gasteiger partial charge in [0.15, 0.2) is 0 Å². The van der Waals surface area contributed by atoms with Gasteiger partial charge in [0.2, 0.25) is 0 Å². The molecular formula is C13H18N2. The number of allylic oxidation sites excluding steroid dienone is 3. The van der Waals surface area contributed by atoms with Gasteiger partial charge in [-0.2, -0.15) is 0 Å². The highest BCUT2D eigenvalue weighted by atomic mass is 15.0. The van der Waals surface area contributed by atoms with Gasteiger partial charge in [0.1, 0.15) is 5.84 Å². The Bertz CT molecular complexity index is 338. The Morgan fingerprint density at radius 2 is 2.33 bits per heavy atom. The number of hydrogen-bond acceptors (Lipinski definition) is 2. The van der Waals surface area contributed by atoms with E-state index < -0.39 is 0 Å². The zero-order valence-corrected chi connectivity index (χ0v) is 9.08. The predicted octanol–water partition coefficient (Wildman–Crippen LogP) is 2.64. The minimum atomic E-state index is 0.646. The van der Waals surface area contributed by atoms with Gasteiger partial charge >= 0.3 is 0 Å². The highest BCUT2D eigenvalue weighted by molar-refractivity contribution is 5.88. The number of fused-ring (bicyclic) bond motifs is 1. The van der Waals surface area contributed by atoms with Gasteiger partial charge in [0.05, 0.1) is 0 Å². The number of aliphatic imine (C=N–C) groups is 1. The van der Waals surface area contributed by atoms with E-state index in [0.29, 0.717) is 11.8 Å². The van der Waals surface area contributed by atoms with Gasteiger partial charge in [-0.05, 0) is 38.3 Å². The Kier molecular flexibility index (Phi) is 2.35. The first-order valence-electron chi connectivity index (χ1n) is 6.11. The monoisotopic (exact) mass is 202 g/mol. The summed E-state index contributed by atoms with van der Waals surface area (Å²) in [7, 11) is 0. The van der Waals surface area contributed by atoms with Gasteiger partial charge < -0.3 is 5.32 Å². The maximum atomic E-state index is 4.53. The maximum Gasteiger partial charge on any atom is 0.104 e. The fourth-order valence-corrected chi connectivity index (χ4v) is 3.00. The van der Waals surface area contributed by atoms with Crippen molar-refractivity contribution in [1.82, 2.24) is 5.32 Å². The van der Waals surface area contributed by atoms with Crippen LogP contribution < -0.4 is 5.32 Å². The van der Waals surface area contributed by atoms with Gasteiger partial charge in [-0.1, -0.05) is 17.7 Å². The molecule has 0 fully saturated rings. The van der Waals surface area contributed by atoms with E-state index in [1.54, 1.807) is 5.57 Å². The third kappa shape index (κ3) is 1.62. The van der Waals surface area contributed by atoms with E-state index in [-0.39, 0.29) is 0 Å². The largest absolute Gasteiger partial charge is 0.350 e. The van der Waals surface area contributed by atoms with Crippen LogP contribution in [-0.2, 0) is 0 Å². The molecule has 3 aliphatic rings. The van der Waals surface area contributed by atoms with E-state index in [0.717, 1.165) is 6.54 Å². The molecule has 2 unspecified atom stereocenters. The average molecular weight is 202 g/mol. The van der Waals surface area contributed by atoms with Gasteiger partial charge in [-0.3, -0.25) is 4.99 Å². The molecule has 2 atom stereocenters. The first-order valence-corrected chi connectivity index (χ1v) is 6.11. The Labute approximate surface area is 91.2 Å². The summed E-state index contributed by atoms with van der Waals surface area (Å²) in [5.74, 6) is 2.53. The Balaban J connectivity index is 1.85. The van der Waals surface area contributed by atoms with Crippen LogP contribution >= 0.6 is 0 Å². The van der Waals surface area contributed by atoms with Crippen LogP contribution in [0.3, 0.4) is 0 Å². The normalized spacial score (nSPS) is 34.1. The predicted molar refractivity (Wildman–Crippen MR) is 62.7 cm³/mol. The van der Waals surface area contributed by atoms with Gasteiger partial charge in [-0.25, -0.2) is 0 Å². The molecule has 80 valence electrons.